The average molecular weight is 300 g/mol. The molecule has 0 aromatic heterocycles. The third kappa shape index (κ3) is 5.96. The molecule has 0 rings (SSSR count). The topological polar surface area (TPSA) is 12.0 Å². The minimum Gasteiger partial charge on any atom is -0.320 e. The molecule has 0 atom stereocenters. The van der Waals surface area contributed by atoms with Gasteiger partial charge in [0.05, 0.1) is 17.6 Å². The van der Waals surface area contributed by atoms with Gasteiger partial charge in [0, 0.05) is 0 Å². The largest absolute Gasteiger partial charge is 0.320 e. The van der Waals surface area contributed by atoms with E-state index < -0.39 is 8.07 Å². The van der Waals surface area contributed by atoms with Crippen molar-refractivity contribution in [2.75, 3.05) is 12.7 Å². The number of nitrogens with one attached hydrogen (secondary N) is 1. The van der Waals surface area contributed by atoms with Gasteiger partial charge in [0.1, 0.15) is 0 Å². The van der Waals surface area contributed by atoms with Crippen molar-refractivity contribution >= 4 is 17.6 Å². The molecule has 0 aliphatic carbocycles. The summed E-state index contributed by atoms with van der Waals surface area (Å²) in [5, 5.41) is 3.71. The van der Waals surface area contributed by atoms with Crippen molar-refractivity contribution in [3.05, 3.63) is 11.3 Å². The van der Waals surface area contributed by atoms with Gasteiger partial charge in [0.25, 0.3) is 0 Å². The van der Waals surface area contributed by atoms with Crippen molar-refractivity contribution in [2.45, 2.75) is 78.1 Å². The predicted octanol–water partition coefficient (Wildman–Crippen LogP) is 4.30. The standard InChI is InChI=1S/C16H37NSi2/c1-13(2)11-18-12-17-9-10-19(14(3)4,15(5)6)16(7)8/h11,14-17H,9-10,12,18H2,1-8H3. The number of hydrogen-bond acceptors (Lipinski definition) is 1. The Kier molecular flexibility index (Phi) is 9.20. The van der Waals surface area contributed by atoms with Gasteiger partial charge in [-0.2, -0.15) is 0 Å². The van der Waals surface area contributed by atoms with Crippen LogP contribution in [0.5, 0.6) is 0 Å². The van der Waals surface area contributed by atoms with Crippen molar-refractivity contribution in [2.24, 2.45) is 0 Å². The Balaban J connectivity index is 4.33. The Labute approximate surface area is 125 Å². The summed E-state index contributed by atoms with van der Waals surface area (Å²) in [6.07, 6.45) is 1.27. The van der Waals surface area contributed by atoms with Crippen LogP contribution in [0.4, 0.5) is 0 Å². The second kappa shape index (κ2) is 9.14. The fourth-order valence-corrected chi connectivity index (χ4v) is 11.3. The summed E-state index contributed by atoms with van der Waals surface area (Å²) in [6.45, 7) is 20.4. The molecule has 1 N–H and O–H groups in total. The molecule has 0 aromatic carbocycles. The van der Waals surface area contributed by atoms with E-state index in [-0.39, 0.29) is 9.52 Å². The van der Waals surface area contributed by atoms with Crippen LogP contribution in [0, 0.1) is 0 Å². The first-order chi connectivity index (χ1) is 8.75. The van der Waals surface area contributed by atoms with Crippen LogP contribution in [-0.4, -0.2) is 30.3 Å². The molecule has 0 amide bonds. The fourth-order valence-electron chi connectivity index (χ4n) is 3.76. The van der Waals surface area contributed by atoms with Crippen LogP contribution in [-0.2, 0) is 0 Å². The maximum atomic E-state index is 3.71. The van der Waals surface area contributed by atoms with Gasteiger partial charge in [0.15, 0.2) is 0 Å². The van der Waals surface area contributed by atoms with E-state index in [1.165, 1.54) is 24.3 Å². The van der Waals surface area contributed by atoms with Crippen molar-refractivity contribution in [3.63, 3.8) is 0 Å². The second-order valence-corrected chi connectivity index (χ2v) is 14.8. The van der Waals surface area contributed by atoms with Crippen LogP contribution < -0.4 is 5.32 Å². The van der Waals surface area contributed by atoms with E-state index in [1.54, 1.807) is 0 Å². The minimum absolute atomic E-state index is 0.0161. The molecular weight excluding hydrogens is 262 g/mol. The molecule has 3 heteroatoms. The summed E-state index contributed by atoms with van der Waals surface area (Å²) in [7, 11) is -1.19. The van der Waals surface area contributed by atoms with Gasteiger partial charge in [-0.25, -0.2) is 0 Å². The molecule has 0 saturated heterocycles. The van der Waals surface area contributed by atoms with Crippen molar-refractivity contribution < 1.29 is 0 Å². The van der Waals surface area contributed by atoms with Gasteiger partial charge in [-0.1, -0.05) is 63.7 Å². The maximum absolute atomic E-state index is 3.71. The molecule has 0 radical (unpaired) electrons. The van der Waals surface area contributed by atoms with E-state index in [1.807, 2.05) is 0 Å². The van der Waals surface area contributed by atoms with Gasteiger partial charge in [0.2, 0.25) is 0 Å². The van der Waals surface area contributed by atoms with E-state index in [9.17, 15) is 0 Å². The van der Waals surface area contributed by atoms with Gasteiger partial charge in [-0.15, -0.1) is 5.70 Å². The Morgan fingerprint density at radius 1 is 1.00 bits per heavy atom. The first-order valence-corrected chi connectivity index (χ1v) is 12.3. The maximum Gasteiger partial charge on any atom is 0.0625 e. The molecule has 0 fully saturated rings. The van der Waals surface area contributed by atoms with Gasteiger partial charge >= 0.3 is 0 Å². The summed E-state index contributed by atoms with van der Waals surface area (Å²) in [5.74, 6) is 0. The van der Waals surface area contributed by atoms with E-state index in [0.717, 1.165) is 16.6 Å². The summed E-state index contributed by atoms with van der Waals surface area (Å²) in [4.78, 5) is 0. The predicted molar refractivity (Wildman–Crippen MR) is 96.7 cm³/mol. The summed E-state index contributed by atoms with van der Waals surface area (Å²) in [5.41, 5.74) is 6.63. The first kappa shape index (κ1) is 19.1. The zero-order valence-electron chi connectivity index (χ0n) is 14.6. The molecule has 114 valence electrons. The Hall–Kier alpha value is 0.134. The summed E-state index contributed by atoms with van der Waals surface area (Å²) >= 11 is 0. The van der Waals surface area contributed by atoms with Gasteiger partial charge < -0.3 is 5.32 Å². The summed E-state index contributed by atoms with van der Waals surface area (Å²) < 4.78 is 0. The third-order valence-electron chi connectivity index (χ3n) is 4.83. The molecule has 0 heterocycles. The lowest BCUT2D eigenvalue weighted by molar-refractivity contribution is 0.748. The Morgan fingerprint density at radius 2 is 1.47 bits per heavy atom. The van der Waals surface area contributed by atoms with E-state index >= 15 is 0 Å². The normalized spacial score (nSPS) is 13.2. The molecule has 0 bridgehead atoms. The number of allylic oxidation sites excluding steroid dienone is 1. The molecule has 19 heavy (non-hydrogen) atoms. The van der Waals surface area contributed by atoms with Crippen molar-refractivity contribution in [1.82, 2.24) is 5.32 Å². The van der Waals surface area contributed by atoms with Crippen LogP contribution in [0.15, 0.2) is 11.3 Å². The van der Waals surface area contributed by atoms with Gasteiger partial charge in [-0.05, 0) is 32.6 Å². The van der Waals surface area contributed by atoms with Crippen LogP contribution in [0.2, 0.25) is 22.7 Å². The highest BCUT2D eigenvalue weighted by molar-refractivity contribution is 6.83. The van der Waals surface area contributed by atoms with E-state index in [0.29, 0.717) is 0 Å². The smallest absolute Gasteiger partial charge is 0.0625 e. The SMILES string of the molecule is CC(C)=C[SiH2]CNCC[Si](C(C)C)(C(C)C)C(C)C. The molecular formula is C16H37NSi2. The van der Waals surface area contributed by atoms with Crippen molar-refractivity contribution in [3.8, 4) is 0 Å². The zero-order valence-corrected chi connectivity index (χ0v) is 17.1. The zero-order chi connectivity index (χ0) is 15.1. The molecule has 0 aliphatic heterocycles. The number of hydrogen-bond donors (Lipinski definition) is 1. The molecule has 0 aliphatic rings. The minimum atomic E-state index is -1.17. The lowest BCUT2D eigenvalue weighted by Gasteiger charge is -2.43. The van der Waals surface area contributed by atoms with E-state index in [2.05, 4.69) is 66.4 Å². The molecule has 1 nitrogen and oxygen atoms in total. The quantitative estimate of drug-likeness (QED) is 0.494. The Bertz CT molecular complexity index is 244. The lowest BCUT2D eigenvalue weighted by atomic mass is 10.4. The van der Waals surface area contributed by atoms with Crippen LogP contribution in [0.1, 0.15) is 55.4 Å². The van der Waals surface area contributed by atoms with Crippen LogP contribution >= 0.6 is 0 Å². The van der Waals surface area contributed by atoms with Crippen molar-refractivity contribution in [1.29, 1.82) is 0 Å². The molecule has 0 aromatic rings. The highest BCUT2D eigenvalue weighted by Gasteiger charge is 2.41. The molecule has 0 spiro atoms. The van der Waals surface area contributed by atoms with Gasteiger partial charge in [-0.3, -0.25) is 0 Å². The van der Waals surface area contributed by atoms with Crippen LogP contribution in [0.25, 0.3) is 0 Å². The fraction of sp³-hybridized carbons (Fsp3) is 0.875. The lowest BCUT2D eigenvalue weighted by Crippen LogP contribution is -2.46. The Morgan fingerprint density at radius 3 is 1.84 bits per heavy atom. The van der Waals surface area contributed by atoms with Crippen LogP contribution in [0.3, 0.4) is 0 Å². The molecule has 0 unspecified atom stereocenters. The van der Waals surface area contributed by atoms with E-state index in [4.69, 9.17) is 0 Å². The third-order valence-corrected chi connectivity index (χ3v) is 14.1. The monoisotopic (exact) mass is 299 g/mol. The average Bonchev–Trinajstić information content (AvgIpc) is 2.26. The number of rotatable bonds is 9. The second-order valence-electron chi connectivity index (χ2n) is 7.15. The molecule has 0 saturated carbocycles. The highest BCUT2D eigenvalue weighted by atomic mass is 28.3. The first-order valence-electron chi connectivity index (χ1n) is 8.09. The summed E-state index contributed by atoms with van der Waals surface area (Å²) in [6, 6.07) is 1.45. The highest BCUT2D eigenvalue weighted by Crippen LogP contribution is 2.43.